The Morgan fingerprint density at radius 2 is 1.35 bits per heavy atom. The maximum absolute atomic E-state index is 13.7. The van der Waals surface area contributed by atoms with E-state index in [2.05, 4.69) is 56.0 Å². The van der Waals surface area contributed by atoms with Crippen LogP contribution in [-0.4, -0.2) is 35.4 Å². The molecule has 0 fully saturated rings. The second kappa shape index (κ2) is 12.0. The number of benzene rings is 3. The molecular weight excluding hydrogens is 496 g/mol. The first-order chi connectivity index (χ1) is 17.3. The molecule has 0 aliphatic carbocycles. The largest absolute Gasteiger partial charge is 0.415 e. The van der Waals surface area contributed by atoms with Gasteiger partial charge in [0.25, 0.3) is 0 Å². The summed E-state index contributed by atoms with van der Waals surface area (Å²) in [5, 5.41) is 3.53. The molecule has 5 nitrogen and oxygen atoms in total. The average molecular weight is 539 g/mol. The molecule has 3 aromatic carbocycles. The molecule has 0 bridgehead atoms. The molecule has 7 heteroatoms. The summed E-state index contributed by atoms with van der Waals surface area (Å²) >= 11 is 0. The van der Waals surface area contributed by atoms with Crippen LogP contribution in [0.3, 0.4) is 0 Å². The van der Waals surface area contributed by atoms with Crippen LogP contribution in [0, 0.1) is 6.92 Å². The molecule has 0 saturated carbocycles. The van der Waals surface area contributed by atoms with Crippen molar-refractivity contribution in [2.75, 3.05) is 13.2 Å². The van der Waals surface area contributed by atoms with Gasteiger partial charge in [-0.25, -0.2) is 13.1 Å². The monoisotopic (exact) mass is 538 g/mol. The first-order valence-corrected chi connectivity index (χ1v) is 17.2. The first-order valence-electron chi connectivity index (χ1n) is 12.9. The van der Waals surface area contributed by atoms with Gasteiger partial charge in [0.05, 0.1) is 17.0 Å². The van der Waals surface area contributed by atoms with Crippen molar-refractivity contribution in [3.05, 3.63) is 102 Å². The minimum atomic E-state index is -3.81. The SMILES string of the molecule is Cc1ccc(S(=O)(=O)N[C@@](CNCc2ccccc2)(CO[Si](C)(C)C(C)(C)C)Cc2ccccc2)cc1. The van der Waals surface area contributed by atoms with Crippen LogP contribution in [0.2, 0.25) is 18.1 Å². The predicted octanol–water partition coefficient (Wildman–Crippen LogP) is 6.07. The number of aryl methyl sites for hydroxylation is 1. The fourth-order valence-electron chi connectivity index (χ4n) is 3.89. The average Bonchev–Trinajstić information content (AvgIpc) is 2.83. The number of nitrogens with one attached hydrogen (secondary N) is 2. The maximum atomic E-state index is 13.7. The number of hydrogen-bond donors (Lipinski definition) is 2. The van der Waals surface area contributed by atoms with E-state index in [0.29, 0.717) is 19.5 Å². The van der Waals surface area contributed by atoms with E-state index in [1.165, 1.54) is 0 Å². The van der Waals surface area contributed by atoms with Gasteiger partial charge in [-0.3, -0.25) is 0 Å². The molecule has 0 aliphatic heterocycles. The highest BCUT2D eigenvalue weighted by Gasteiger charge is 2.42. The van der Waals surface area contributed by atoms with E-state index in [1.807, 2.05) is 67.6 Å². The maximum Gasteiger partial charge on any atom is 0.241 e. The highest BCUT2D eigenvalue weighted by atomic mass is 32.2. The molecule has 1 atom stereocenters. The van der Waals surface area contributed by atoms with Gasteiger partial charge in [-0.2, -0.15) is 0 Å². The van der Waals surface area contributed by atoms with E-state index in [9.17, 15) is 8.42 Å². The van der Waals surface area contributed by atoms with Crippen LogP contribution >= 0.6 is 0 Å². The van der Waals surface area contributed by atoms with Crippen molar-refractivity contribution in [1.82, 2.24) is 10.0 Å². The van der Waals surface area contributed by atoms with E-state index in [4.69, 9.17) is 4.43 Å². The summed E-state index contributed by atoms with van der Waals surface area (Å²) < 4.78 is 37.3. The molecule has 3 aromatic rings. The van der Waals surface area contributed by atoms with Crippen LogP contribution in [0.25, 0.3) is 0 Å². The van der Waals surface area contributed by atoms with Crippen molar-refractivity contribution in [2.45, 2.75) is 69.2 Å². The lowest BCUT2D eigenvalue weighted by atomic mass is 9.92. The Bertz CT molecular complexity index is 1230. The Morgan fingerprint density at radius 1 is 0.811 bits per heavy atom. The quantitative estimate of drug-likeness (QED) is 0.275. The van der Waals surface area contributed by atoms with Crippen LogP contribution in [0.4, 0.5) is 0 Å². The van der Waals surface area contributed by atoms with Crippen LogP contribution < -0.4 is 10.0 Å². The zero-order valence-corrected chi connectivity index (χ0v) is 24.9. The highest BCUT2D eigenvalue weighted by Crippen LogP contribution is 2.37. The Kier molecular flexibility index (Phi) is 9.53. The van der Waals surface area contributed by atoms with Gasteiger partial charge in [-0.1, -0.05) is 99.1 Å². The minimum absolute atomic E-state index is 0.00120. The molecule has 0 aromatic heterocycles. The van der Waals surface area contributed by atoms with E-state index in [1.54, 1.807) is 12.1 Å². The van der Waals surface area contributed by atoms with Crippen molar-refractivity contribution in [3.63, 3.8) is 0 Å². The van der Waals surface area contributed by atoms with Gasteiger partial charge >= 0.3 is 0 Å². The Morgan fingerprint density at radius 3 is 1.89 bits per heavy atom. The standard InChI is InChI=1S/C30H42N2O3SSi/c1-25-17-19-28(20-18-25)36(33,34)32-30(21-26-13-9-7-10-14-26,24-35-37(5,6)29(2,3)4)23-31-22-27-15-11-8-12-16-27/h7-20,31-32H,21-24H2,1-6H3/t30-/m0/s1. The van der Waals surface area contributed by atoms with E-state index >= 15 is 0 Å². The van der Waals surface area contributed by atoms with Crippen molar-refractivity contribution in [3.8, 4) is 0 Å². The first kappa shape index (κ1) is 29.3. The van der Waals surface area contributed by atoms with Crippen molar-refractivity contribution < 1.29 is 12.8 Å². The summed E-state index contributed by atoms with van der Waals surface area (Å²) in [5.41, 5.74) is 2.31. The summed E-state index contributed by atoms with van der Waals surface area (Å²) in [4.78, 5) is 0.255. The van der Waals surface area contributed by atoms with Crippen LogP contribution in [0.5, 0.6) is 0 Å². The smallest absolute Gasteiger partial charge is 0.241 e. The molecule has 0 unspecified atom stereocenters. The van der Waals surface area contributed by atoms with Gasteiger partial charge in [-0.05, 0) is 54.7 Å². The van der Waals surface area contributed by atoms with Crippen molar-refractivity contribution >= 4 is 18.3 Å². The molecule has 0 heterocycles. The molecular formula is C30H42N2O3SSi. The Hall–Kier alpha value is -2.29. The number of hydrogen-bond acceptors (Lipinski definition) is 4. The zero-order valence-electron chi connectivity index (χ0n) is 23.0. The van der Waals surface area contributed by atoms with Gasteiger partial charge in [0.1, 0.15) is 0 Å². The molecule has 0 spiro atoms. The Labute approximate surface area is 224 Å². The Balaban J connectivity index is 1.99. The van der Waals surface area contributed by atoms with Crippen LogP contribution in [0.15, 0.2) is 89.8 Å². The van der Waals surface area contributed by atoms with E-state index in [0.717, 1.165) is 16.7 Å². The third kappa shape index (κ3) is 8.35. The molecule has 0 saturated heterocycles. The number of sulfonamides is 1. The second-order valence-corrected chi connectivity index (χ2v) is 18.0. The van der Waals surface area contributed by atoms with E-state index in [-0.39, 0.29) is 16.5 Å². The summed E-state index contributed by atoms with van der Waals surface area (Å²) in [6.07, 6.45) is 0.495. The molecule has 200 valence electrons. The fourth-order valence-corrected chi connectivity index (χ4v) is 6.35. The molecule has 0 aliphatic rings. The van der Waals surface area contributed by atoms with Gasteiger partial charge in [0, 0.05) is 13.1 Å². The predicted molar refractivity (Wildman–Crippen MR) is 156 cm³/mol. The molecule has 37 heavy (non-hydrogen) atoms. The molecule has 2 N–H and O–H groups in total. The lowest BCUT2D eigenvalue weighted by molar-refractivity contribution is 0.180. The lowest BCUT2D eigenvalue weighted by Gasteiger charge is -2.42. The summed E-state index contributed by atoms with van der Waals surface area (Å²) in [6.45, 7) is 14.3. The van der Waals surface area contributed by atoms with Gasteiger partial charge < -0.3 is 9.74 Å². The molecule has 0 radical (unpaired) electrons. The number of rotatable bonds is 12. The zero-order chi connectivity index (χ0) is 27.2. The van der Waals surface area contributed by atoms with Crippen LogP contribution in [-0.2, 0) is 27.4 Å². The van der Waals surface area contributed by atoms with Crippen molar-refractivity contribution in [2.24, 2.45) is 0 Å². The van der Waals surface area contributed by atoms with E-state index < -0.39 is 23.9 Å². The summed E-state index contributed by atoms with van der Waals surface area (Å²) in [5.74, 6) is 0. The van der Waals surface area contributed by atoms with Gasteiger partial charge in [0.15, 0.2) is 8.32 Å². The third-order valence-electron chi connectivity index (χ3n) is 7.22. The fraction of sp³-hybridized carbons (Fsp3) is 0.400. The summed E-state index contributed by atoms with van der Waals surface area (Å²) in [7, 11) is -5.97. The van der Waals surface area contributed by atoms with Gasteiger partial charge in [-0.15, -0.1) is 0 Å². The normalized spacial score (nSPS) is 14.3. The third-order valence-corrected chi connectivity index (χ3v) is 13.3. The van der Waals surface area contributed by atoms with Crippen molar-refractivity contribution in [1.29, 1.82) is 0 Å². The molecule has 0 amide bonds. The highest BCUT2D eigenvalue weighted by molar-refractivity contribution is 7.89. The topological polar surface area (TPSA) is 67.4 Å². The second-order valence-electron chi connectivity index (χ2n) is 11.5. The van der Waals surface area contributed by atoms with Crippen LogP contribution in [0.1, 0.15) is 37.5 Å². The minimum Gasteiger partial charge on any atom is -0.415 e. The molecule has 3 rings (SSSR count). The lowest BCUT2D eigenvalue weighted by Crippen LogP contribution is -2.61. The summed E-state index contributed by atoms with van der Waals surface area (Å²) in [6, 6.07) is 27.1. The van der Waals surface area contributed by atoms with Gasteiger partial charge in [0.2, 0.25) is 10.0 Å².